The van der Waals surface area contributed by atoms with Gasteiger partial charge in [0, 0.05) is 37.9 Å². The average Bonchev–Trinajstić information content (AvgIpc) is 3.02. The number of aromatic nitrogens is 4. The van der Waals surface area contributed by atoms with E-state index >= 15 is 0 Å². The van der Waals surface area contributed by atoms with Gasteiger partial charge in [-0.3, -0.25) is 4.98 Å². The summed E-state index contributed by atoms with van der Waals surface area (Å²) in [5.74, 6) is 1.18. The maximum absolute atomic E-state index is 5.98. The lowest BCUT2D eigenvalue weighted by atomic mass is 10.3. The zero-order valence-electron chi connectivity index (χ0n) is 11.7. The van der Waals surface area contributed by atoms with Crippen molar-refractivity contribution in [1.29, 1.82) is 0 Å². The third-order valence-electron chi connectivity index (χ3n) is 3.38. The van der Waals surface area contributed by atoms with Gasteiger partial charge in [0.1, 0.15) is 0 Å². The summed E-state index contributed by atoms with van der Waals surface area (Å²) in [5, 5.41) is 3.41. The molecule has 3 heterocycles. The van der Waals surface area contributed by atoms with Crippen LogP contribution < -0.4 is 10.2 Å². The van der Waals surface area contributed by atoms with Crippen molar-refractivity contribution in [2.24, 2.45) is 0 Å². The molecule has 1 aliphatic heterocycles. The minimum absolute atomic E-state index is 0.229. The predicted octanol–water partition coefficient (Wildman–Crippen LogP) is 2.17. The van der Waals surface area contributed by atoms with Crippen molar-refractivity contribution in [3.8, 4) is 0 Å². The Bertz CT molecular complexity index is 585. The van der Waals surface area contributed by atoms with E-state index < -0.39 is 0 Å². The van der Waals surface area contributed by atoms with Crippen LogP contribution in [0.4, 0.5) is 11.9 Å². The van der Waals surface area contributed by atoms with Crippen LogP contribution in [0.1, 0.15) is 18.5 Å². The van der Waals surface area contributed by atoms with Crippen LogP contribution in [0.15, 0.2) is 24.4 Å². The number of hydrogen-bond donors (Lipinski definition) is 1. The smallest absolute Gasteiger partial charge is 0.231 e. The Hall–Kier alpha value is -1.95. The molecule has 2 aromatic rings. The van der Waals surface area contributed by atoms with E-state index in [4.69, 9.17) is 11.6 Å². The predicted molar refractivity (Wildman–Crippen MR) is 82.7 cm³/mol. The van der Waals surface area contributed by atoms with Gasteiger partial charge in [-0.15, -0.1) is 0 Å². The Morgan fingerprint density at radius 3 is 2.76 bits per heavy atom. The van der Waals surface area contributed by atoms with Gasteiger partial charge in [0.25, 0.3) is 0 Å². The van der Waals surface area contributed by atoms with Crippen LogP contribution in [0.3, 0.4) is 0 Å². The summed E-state index contributed by atoms with van der Waals surface area (Å²) in [6.45, 7) is 2.66. The van der Waals surface area contributed by atoms with E-state index in [0.29, 0.717) is 18.4 Å². The monoisotopic (exact) mass is 304 g/mol. The molecule has 6 nitrogen and oxygen atoms in total. The fraction of sp³-hybridized carbons (Fsp3) is 0.429. The maximum Gasteiger partial charge on any atom is 0.231 e. The quantitative estimate of drug-likeness (QED) is 0.913. The highest BCUT2D eigenvalue weighted by molar-refractivity contribution is 6.28. The van der Waals surface area contributed by atoms with Crippen LogP contribution >= 0.6 is 11.6 Å². The molecular formula is C14H17ClN6. The first-order valence-corrected chi connectivity index (χ1v) is 7.49. The summed E-state index contributed by atoms with van der Waals surface area (Å²) < 4.78 is 0. The molecule has 0 saturated carbocycles. The van der Waals surface area contributed by atoms with E-state index in [1.807, 2.05) is 18.2 Å². The van der Waals surface area contributed by atoms with Gasteiger partial charge in [-0.05, 0) is 36.6 Å². The Morgan fingerprint density at radius 2 is 2.00 bits per heavy atom. The highest BCUT2D eigenvalue weighted by Gasteiger charge is 2.16. The Labute approximate surface area is 128 Å². The van der Waals surface area contributed by atoms with E-state index in [9.17, 15) is 0 Å². The maximum atomic E-state index is 5.98. The van der Waals surface area contributed by atoms with Crippen LogP contribution in [0.2, 0.25) is 5.28 Å². The molecular weight excluding hydrogens is 288 g/mol. The summed E-state index contributed by atoms with van der Waals surface area (Å²) in [6.07, 6.45) is 4.95. The van der Waals surface area contributed by atoms with Gasteiger partial charge in [-0.1, -0.05) is 6.07 Å². The number of hydrogen-bond acceptors (Lipinski definition) is 6. The number of pyridine rings is 1. The third-order valence-corrected chi connectivity index (χ3v) is 3.54. The molecule has 2 aromatic heterocycles. The normalized spacial score (nSPS) is 14.4. The number of nitrogens with zero attached hydrogens (tertiary/aromatic N) is 5. The van der Waals surface area contributed by atoms with Crippen LogP contribution in [0, 0.1) is 0 Å². The van der Waals surface area contributed by atoms with Gasteiger partial charge in [0.2, 0.25) is 17.2 Å². The first-order valence-electron chi connectivity index (χ1n) is 7.11. The molecule has 0 aromatic carbocycles. The fourth-order valence-corrected chi connectivity index (χ4v) is 2.48. The average molecular weight is 305 g/mol. The second-order valence-corrected chi connectivity index (χ2v) is 5.26. The highest BCUT2D eigenvalue weighted by Crippen LogP contribution is 2.18. The van der Waals surface area contributed by atoms with Gasteiger partial charge in [0.15, 0.2) is 0 Å². The van der Waals surface area contributed by atoms with E-state index in [1.165, 1.54) is 12.8 Å². The van der Waals surface area contributed by atoms with Crippen LogP contribution in [0.5, 0.6) is 0 Å². The van der Waals surface area contributed by atoms with E-state index in [1.54, 1.807) is 6.20 Å². The van der Waals surface area contributed by atoms with Crippen molar-refractivity contribution in [3.63, 3.8) is 0 Å². The van der Waals surface area contributed by atoms with Gasteiger partial charge in [-0.2, -0.15) is 15.0 Å². The first-order chi connectivity index (χ1) is 10.3. The van der Waals surface area contributed by atoms with Crippen molar-refractivity contribution in [2.45, 2.75) is 19.3 Å². The summed E-state index contributed by atoms with van der Waals surface area (Å²) in [5.41, 5.74) is 1.03. The lowest BCUT2D eigenvalue weighted by molar-refractivity contribution is 0.870. The van der Waals surface area contributed by atoms with E-state index in [2.05, 4.69) is 30.2 Å². The summed E-state index contributed by atoms with van der Waals surface area (Å²) in [4.78, 5) is 19.2. The second-order valence-electron chi connectivity index (χ2n) is 4.92. The molecule has 0 radical (unpaired) electrons. The number of nitrogens with one attached hydrogen (secondary N) is 1. The SMILES string of the molecule is Clc1nc(NCCc2ccccn2)nc(N2CCCC2)n1. The van der Waals surface area contributed by atoms with Gasteiger partial charge in [-0.25, -0.2) is 0 Å². The molecule has 1 saturated heterocycles. The summed E-state index contributed by atoms with van der Waals surface area (Å²) in [6, 6.07) is 5.89. The van der Waals surface area contributed by atoms with Crippen molar-refractivity contribution >= 4 is 23.5 Å². The molecule has 0 amide bonds. The second kappa shape index (κ2) is 6.67. The Balaban J connectivity index is 1.62. The molecule has 21 heavy (non-hydrogen) atoms. The van der Waals surface area contributed by atoms with Gasteiger partial charge in [0.05, 0.1) is 0 Å². The molecule has 7 heteroatoms. The van der Waals surface area contributed by atoms with Crippen molar-refractivity contribution < 1.29 is 0 Å². The third kappa shape index (κ3) is 3.78. The molecule has 1 N–H and O–H groups in total. The molecule has 1 fully saturated rings. The number of anilines is 2. The number of halogens is 1. The molecule has 0 spiro atoms. The molecule has 110 valence electrons. The summed E-state index contributed by atoms with van der Waals surface area (Å²) >= 11 is 5.98. The van der Waals surface area contributed by atoms with Crippen LogP contribution in [-0.2, 0) is 6.42 Å². The Kier molecular flexibility index (Phi) is 4.45. The van der Waals surface area contributed by atoms with Crippen LogP contribution in [-0.4, -0.2) is 39.6 Å². The molecule has 1 aliphatic rings. The van der Waals surface area contributed by atoms with E-state index in [-0.39, 0.29) is 5.28 Å². The van der Waals surface area contributed by atoms with Crippen LogP contribution in [0.25, 0.3) is 0 Å². The van der Waals surface area contributed by atoms with Gasteiger partial charge < -0.3 is 10.2 Å². The molecule has 0 aliphatic carbocycles. The lowest BCUT2D eigenvalue weighted by Crippen LogP contribution is -2.21. The van der Waals surface area contributed by atoms with Crippen molar-refractivity contribution in [1.82, 2.24) is 19.9 Å². The topological polar surface area (TPSA) is 66.8 Å². The highest BCUT2D eigenvalue weighted by atomic mass is 35.5. The molecule has 0 bridgehead atoms. The van der Waals surface area contributed by atoms with Crippen molar-refractivity contribution in [2.75, 3.05) is 29.9 Å². The number of rotatable bonds is 5. The zero-order chi connectivity index (χ0) is 14.5. The lowest BCUT2D eigenvalue weighted by Gasteiger charge is -2.15. The van der Waals surface area contributed by atoms with Gasteiger partial charge >= 0.3 is 0 Å². The Morgan fingerprint density at radius 1 is 1.14 bits per heavy atom. The van der Waals surface area contributed by atoms with E-state index in [0.717, 1.165) is 25.2 Å². The minimum atomic E-state index is 0.229. The fourth-order valence-electron chi connectivity index (χ4n) is 2.33. The molecule has 0 unspecified atom stereocenters. The zero-order valence-corrected chi connectivity index (χ0v) is 12.4. The van der Waals surface area contributed by atoms with Crippen molar-refractivity contribution in [3.05, 3.63) is 35.4 Å². The summed E-state index contributed by atoms with van der Waals surface area (Å²) in [7, 11) is 0. The molecule has 0 atom stereocenters. The molecule has 3 rings (SSSR count). The minimum Gasteiger partial charge on any atom is -0.354 e. The largest absolute Gasteiger partial charge is 0.354 e. The first kappa shape index (κ1) is 14.0. The standard InChI is InChI=1S/C14H17ClN6/c15-12-18-13(17-8-6-11-5-1-2-7-16-11)20-14(19-12)21-9-3-4-10-21/h1-2,5,7H,3-4,6,8-10H2,(H,17,18,19,20).